The van der Waals surface area contributed by atoms with Gasteiger partial charge >= 0.3 is 0 Å². The molecule has 0 spiro atoms. The molecule has 1 saturated carbocycles. The number of aliphatic hydroxyl groups is 1. The van der Waals surface area contributed by atoms with Crippen LogP contribution in [0, 0.1) is 0 Å². The SMILES string of the molecule is OC1CC(NC2CCSc3ccccc32)C1. The molecular formula is C13H17NOS. The largest absolute Gasteiger partial charge is 0.393 e. The Kier molecular flexibility index (Phi) is 2.92. The second-order valence-corrected chi connectivity index (χ2v) is 5.85. The molecular weight excluding hydrogens is 218 g/mol. The van der Waals surface area contributed by atoms with E-state index in [1.807, 2.05) is 11.8 Å². The van der Waals surface area contributed by atoms with Crippen molar-refractivity contribution in [3.8, 4) is 0 Å². The molecule has 1 aliphatic carbocycles. The van der Waals surface area contributed by atoms with Crippen LogP contribution in [0.2, 0.25) is 0 Å². The van der Waals surface area contributed by atoms with Crippen molar-refractivity contribution in [2.75, 3.05) is 5.75 Å². The fourth-order valence-electron chi connectivity index (χ4n) is 2.52. The number of benzene rings is 1. The zero-order chi connectivity index (χ0) is 11.0. The molecule has 0 bridgehead atoms. The van der Waals surface area contributed by atoms with E-state index in [4.69, 9.17) is 0 Å². The molecule has 0 amide bonds. The Hall–Kier alpha value is -0.510. The van der Waals surface area contributed by atoms with Gasteiger partial charge in [0.15, 0.2) is 0 Å². The zero-order valence-corrected chi connectivity index (χ0v) is 10.0. The summed E-state index contributed by atoms with van der Waals surface area (Å²) in [6, 6.07) is 9.69. The molecule has 1 heterocycles. The lowest BCUT2D eigenvalue weighted by molar-refractivity contribution is 0.0572. The highest BCUT2D eigenvalue weighted by Crippen LogP contribution is 2.37. The molecule has 2 aliphatic rings. The lowest BCUT2D eigenvalue weighted by Gasteiger charge is -2.37. The summed E-state index contributed by atoms with van der Waals surface area (Å²) in [5.41, 5.74) is 1.44. The maximum atomic E-state index is 9.30. The van der Waals surface area contributed by atoms with Gasteiger partial charge in [0.2, 0.25) is 0 Å². The Morgan fingerprint density at radius 2 is 2.06 bits per heavy atom. The molecule has 0 radical (unpaired) electrons. The Morgan fingerprint density at radius 1 is 1.25 bits per heavy atom. The van der Waals surface area contributed by atoms with Gasteiger partial charge in [-0.3, -0.25) is 0 Å². The third kappa shape index (κ3) is 1.99. The first kappa shape index (κ1) is 10.6. The maximum Gasteiger partial charge on any atom is 0.0570 e. The average Bonchev–Trinajstić information content (AvgIpc) is 2.27. The van der Waals surface area contributed by atoms with Crippen molar-refractivity contribution in [3.63, 3.8) is 0 Å². The van der Waals surface area contributed by atoms with E-state index in [0.29, 0.717) is 12.1 Å². The molecule has 3 rings (SSSR count). The molecule has 1 aromatic rings. The molecule has 1 unspecified atom stereocenters. The van der Waals surface area contributed by atoms with Crippen molar-refractivity contribution in [1.82, 2.24) is 5.32 Å². The quantitative estimate of drug-likeness (QED) is 0.825. The average molecular weight is 235 g/mol. The van der Waals surface area contributed by atoms with Crippen molar-refractivity contribution >= 4 is 11.8 Å². The van der Waals surface area contributed by atoms with Crippen LogP contribution in [0.5, 0.6) is 0 Å². The van der Waals surface area contributed by atoms with E-state index in [2.05, 4.69) is 29.6 Å². The van der Waals surface area contributed by atoms with Gasteiger partial charge in [0, 0.05) is 17.0 Å². The minimum Gasteiger partial charge on any atom is -0.393 e. The fraction of sp³-hybridized carbons (Fsp3) is 0.538. The van der Waals surface area contributed by atoms with Gasteiger partial charge in [0.05, 0.1) is 6.10 Å². The summed E-state index contributed by atoms with van der Waals surface area (Å²) < 4.78 is 0. The van der Waals surface area contributed by atoms with Crippen LogP contribution in [-0.2, 0) is 0 Å². The first-order valence-corrected chi connectivity index (χ1v) is 6.97. The highest BCUT2D eigenvalue weighted by atomic mass is 32.2. The minimum absolute atomic E-state index is 0.0642. The monoisotopic (exact) mass is 235 g/mol. The van der Waals surface area contributed by atoms with Crippen LogP contribution in [0.25, 0.3) is 0 Å². The number of hydrogen-bond donors (Lipinski definition) is 2. The summed E-state index contributed by atoms with van der Waals surface area (Å²) in [4.78, 5) is 1.42. The standard InChI is InChI=1S/C13H17NOS/c15-10-7-9(8-10)14-12-5-6-16-13-4-2-1-3-11(12)13/h1-4,9-10,12,14-15H,5-8H2. The van der Waals surface area contributed by atoms with Crippen molar-refractivity contribution in [2.45, 2.75) is 42.3 Å². The lowest BCUT2D eigenvalue weighted by atomic mass is 9.88. The van der Waals surface area contributed by atoms with Gasteiger partial charge < -0.3 is 10.4 Å². The first-order chi connectivity index (χ1) is 7.83. The van der Waals surface area contributed by atoms with E-state index in [0.717, 1.165) is 12.8 Å². The summed E-state index contributed by atoms with van der Waals surface area (Å²) in [5, 5.41) is 13.0. The zero-order valence-electron chi connectivity index (χ0n) is 9.23. The van der Waals surface area contributed by atoms with E-state index in [9.17, 15) is 5.11 Å². The number of hydrogen-bond acceptors (Lipinski definition) is 3. The van der Waals surface area contributed by atoms with Crippen LogP contribution < -0.4 is 5.32 Å². The summed E-state index contributed by atoms with van der Waals surface area (Å²) in [6.45, 7) is 0. The number of nitrogens with one attached hydrogen (secondary N) is 1. The third-order valence-electron chi connectivity index (χ3n) is 3.51. The third-order valence-corrected chi connectivity index (χ3v) is 4.63. The number of fused-ring (bicyclic) bond motifs is 1. The molecule has 2 N–H and O–H groups in total. The van der Waals surface area contributed by atoms with Crippen LogP contribution in [0.1, 0.15) is 30.9 Å². The number of thioether (sulfide) groups is 1. The maximum absolute atomic E-state index is 9.30. The minimum atomic E-state index is -0.0642. The van der Waals surface area contributed by atoms with E-state index < -0.39 is 0 Å². The molecule has 2 nitrogen and oxygen atoms in total. The molecule has 0 saturated heterocycles. The summed E-state index contributed by atoms with van der Waals surface area (Å²) in [6.07, 6.45) is 2.98. The van der Waals surface area contributed by atoms with Crippen molar-refractivity contribution < 1.29 is 5.11 Å². The Balaban J connectivity index is 1.72. The summed E-state index contributed by atoms with van der Waals surface area (Å²) in [7, 11) is 0. The van der Waals surface area contributed by atoms with Gasteiger partial charge in [0.25, 0.3) is 0 Å². The number of aliphatic hydroxyl groups excluding tert-OH is 1. The number of rotatable bonds is 2. The molecule has 16 heavy (non-hydrogen) atoms. The molecule has 1 atom stereocenters. The second-order valence-electron chi connectivity index (χ2n) is 4.72. The van der Waals surface area contributed by atoms with Crippen LogP contribution in [0.4, 0.5) is 0 Å². The fourth-order valence-corrected chi connectivity index (χ4v) is 3.65. The van der Waals surface area contributed by atoms with Crippen LogP contribution in [0.15, 0.2) is 29.2 Å². The van der Waals surface area contributed by atoms with Gasteiger partial charge in [0.1, 0.15) is 0 Å². The Bertz CT molecular complexity index is 376. The highest BCUT2D eigenvalue weighted by molar-refractivity contribution is 7.99. The van der Waals surface area contributed by atoms with E-state index in [-0.39, 0.29) is 6.10 Å². The second kappa shape index (κ2) is 4.40. The molecule has 1 fully saturated rings. The first-order valence-electron chi connectivity index (χ1n) is 5.99. The lowest BCUT2D eigenvalue weighted by Crippen LogP contribution is -2.46. The van der Waals surface area contributed by atoms with Crippen molar-refractivity contribution in [1.29, 1.82) is 0 Å². The van der Waals surface area contributed by atoms with Crippen LogP contribution in [-0.4, -0.2) is 23.0 Å². The molecule has 1 aliphatic heterocycles. The summed E-state index contributed by atoms with van der Waals surface area (Å²) in [5.74, 6) is 1.20. The molecule has 86 valence electrons. The molecule has 3 heteroatoms. The summed E-state index contributed by atoms with van der Waals surface area (Å²) >= 11 is 1.96. The molecule has 0 aromatic heterocycles. The van der Waals surface area contributed by atoms with Crippen molar-refractivity contribution in [3.05, 3.63) is 29.8 Å². The van der Waals surface area contributed by atoms with Gasteiger partial charge in [-0.15, -0.1) is 11.8 Å². The Labute approximate surface area is 100 Å². The smallest absolute Gasteiger partial charge is 0.0570 e. The van der Waals surface area contributed by atoms with E-state index >= 15 is 0 Å². The van der Waals surface area contributed by atoms with Gasteiger partial charge in [-0.2, -0.15) is 0 Å². The van der Waals surface area contributed by atoms with Gasteiger partial charge in [-0.05, 0) is 36.6 Å². The van der Waals surface area contributed by atoms with E-state index in [1.54, 1.807) is 0 Å². The van der Waals surface area contributed by atoms with Crippen molar-refractivity contribution in [2.24, 2.45) is 0 Å². The topological polar surface area (TPSA) is 32.3 Å². The van der Waals surface area contributed by atoms with Crippen LogP contribution in [0.3, 0.4) is 0 Å². The predicted molar refractivity (Wildman–Crippen MR) is 66.7 cm³/mol. The van der Waals surface area contributed by atoms with Gasteiger partial charge in [-0.25, -0.2) is 0 Å². The van der Waals surface area contributed by atoms with E-state index in [1.165, 1.54) is 22.6 Å². The highest BCUT2D eigenvalue weighted by Gasteiger charge is 2.30. The normalized spacial score (nSPS) is 32.9. The molecule has 1 aromatic carbocycles. The Morgan fingerprint density at radius 3 is 2.88 bits per heavy atom. The van der Waals surface area contributed by atoms with Gasteiger partial charge in [-0.1, -0.05) is 18.2 Å². The van der Waals surface area contributed by atoms with Crippen LogP contribution >= 0.6 is 11.8 Å². The predicted octanol–water partition coefficient (Wildman–Crippen LogP) is 2.34.